The first-order chi connectivity index (χ1) is 8.05. The normalized spacial score (nSPS) is 28.5. The van der Waals surface area contributed by atoms with E-state index >= 15 is 0 Å². The fraction of sp³-hybridized carbons (Fsp3) is 0.929. The highest BCUT2D eigenvalue weighted by molar-refractivity contribution is 5.83. The van der Waals surface area contributed by atoms with E-state index in [4.69, 9.17) is 0 Å². The van der Waals surface area contributed by atoms with Gasteiger partial charge in [0.25, 0.3) is 0 Å². The molecule has 0 bridgehead atoms. The van der Waals surface area contributed by atoms with Crippen LogP contribution in [0.5, 0.6) is 0 Å². The molecule has 2 N–H and O–H groups in total. The van der Waals surface area contributed by atoms with Gasteiger partial charge in [-0.05, 0) is 38.6 Å². The van der Waals surface area contributed by atoms with Crippen LogP contribution in [0, 0.1) is 11.3 Å². The average Bonchev–Trinajstić information content (AvgIpc) is 2.38. The maximum Gasteiger partial charge on any atom is 0.227 e. The van der Waals surface area contributed by atoms with Gasteiger partial charge in [0, 0.05) is 12.6 Å². The van der Waals surface area contributed by atoms with Crippen molar-refractivity contribution < 1.29 is 4.79 Å². The van der Waals surface area contributed by atoms with Crippen molar-refractivity contribution in [2.24, 2.45) is 11.3 Å². The van der Waals surface area contributed by atoms with Crippen LogP contribution >= 0.6 is 0 Å². The number of rotatable bonds is 5. The van der Waals surface area contributed by atoms with Crippen LogP contribution in [0.3, 0.4) is 0 Å². The number of carbonyl (C=O) groups is 1. The number of piperidine rings is 1. The van der Waals surface area contributed by atoms with E-state index in [9.17, 15) is 4.79 Å². The molecule has 0 aromatic carbocycles. The fourth-order valence-corrected chi connectivity index (χ4v) is 2.48. The van der Waals surface area contributed by atoms with Gasteiger partial charge in [0.2, 0.25) is 5.91 Å². The Kier molecular flexibility index (Phi) is 5.44. The van der Waals surface area contributed by atoms with Crippen LogP contribution in [0.2, 0.25) is 0 Å². The number of hydrogen-bond acceptors (Lipinski definition) is 2. The molecule has 1 aliphatic heterocycles. The summed E-state index contributed by atoms with van der Waals surface area (Å²) in [5.41, 5.74) is -0.167. The first kappa shape index (κ1) is 14.5. The topological polar surface area (TPSA) is 41.1 Å². The molecule has 3 unspecified atom stereocenters. The predicted molar refractivity (Wildman–Crippen MR) is 71.9 cm³/mol. The first-order valence-electron chi connectivity index (χ1n) is 7.07. The van der Waals surface area contributed by atoms with Crippen molar-refractivity contribution >= 4 is 5.91 Å². The Hall–Kier alpha value is -0.570. The van der Waals surface area contributed by atoms with Crippen LogP contribution in [-0.4, -0.2) is 25.0 Å². The summed E-state index contributed by atoms with van der Waals surface area (Å²) in [5, 5.41) is 6.58. The summed E-state index contributed by atoms with van der Waals surface area (Å²) in [6, 6.07) is 0.276. The molecule has 0 spiro atoms. The molecule has 1 amide bonds. The number of nitrogens with one attached hydrogen (secondary N) is 2. The molecule has 0 aromatic rings. The van der Waals surface area contributed by atoms with Gasteiger partial charge in [-0.2, -0.15) is 0 Å². The van der Waals surface area contributed by atoms with Crippen molar-refractivity contribution in [3.8, 4) is 0 Å². The lowest BCUT2D eigenvalue weighted by Gasteiger charge is -2.37. The Morgan fingerprint density at radius 1 is 1.41 bits per heavy atom. The smallest absolute Gasteiger partial charge is 0.227 e. The van der Waals surface area contributed by atoms with Gasteiger partial charge in [0.15, 0.2) is 0 Å². The molecule has 1 fully saturated rings. The summed E-state index contributed by atoms with van der Waals surface area (Å²) < 4.78 is 0. The Labute approximate surface area is 106 Å². The average molecular weight is 240 g/mol. The van der Waals surface area contributed by atoms with Crippen LogP contribution < -0.4 is 10.6 Å². The summed E-state index contributed by atoms with van der Waals surface area (Å²) in [7, 11) is 0. The molecule has 1 heterocycles. The summed E-state index contributed by atoms with van der Waals surface area (Å²) >= 11 is 0. The number of carbonyl (C=O) groups excluding carboxylic acids is 1. The van der Waals surface area contributed by atoms with Gasteiger partial charge in [-0.15, -0.1) is 0 Å². The molecule has 17 heavy (non-hydrogen) atoms. The predicted octanol–water partition coefficient (Wildman–Crippen LogP) is 2.32. The molecule has 1 aliphatic rings. The van der Waals surface area contributed by atoms with E-state index in [0.717, 1.165) is 38.8 Å². The molecule has 1 saturated heterocycles. The molecule has 0 aromatic heterocycles. The first-order valence-corrected chi connectivity index (χ1v) is 7.07. The van der Waals surface area contributed by atoms with Crippen LogP contribution in [-0.2, 0) is 4.79 Å². The second-order valence-electron chi connectivity index (χ2n) is 5.56. The zero-order chi connectivity index (χ0) is 12.9. The number of amides is 1. The third-order valence-corrected chi connectivity index (χ3v) is 4.49. The molecular weight excluding hydrogens is 212 g/mol. The molecule has 100 valence electrons. The van der Waals surface area contributed by atoms with Crippen molar-refractivity contribution in [1.82, 2.24) is 10.6 Å². The van der Waals surface area contributed by atoms with Crippen molar-refractivity contribution in [3.63, 3.8) is 0 Å². The second kappa shape index (κ2) is 6.39. The SMILES string of the molecule is CCC(C)C(C)NC(=O)C1(CC)CCCNC1. The summed E-state index contributed by atoms with van der Waals surface area (Å²) in [6.45, 7) is 10.5. The van der Waals surface area contributed by atoms with E-state index in [1.807, 2.05) is 0 Å². The summed E-state index contributed by atoms with van der Waals surface area (Å²) in [4.78, 5) is 12.4. The van der Waals surface area contributed by atoms with E-state index in [0.29, 0.717) is 5.92 Å². The Balaban J connectivity index is 2.60. The fourth-order valence-electron chi connectivity index (χ4n) is 2.48. The van der Waals surface area contributed by atoms with Gasteiger partial charge in [-0.1, -0.05) is 27.2 Å². The largest absolute Gasteiger partial charge is 0.353 e. The minimum absolute atomic E-state index is 0.167. The monoisotopic (exact) mass is 240 g/mol. The minimum atomic E-state index is -0.167. The molecule has 0 saturated carbocycles. The van der Waals surface area contributed by atoms with Crippen molar-refractivity contribution in [3.05, 3.63) is 0 Å². The van der Waals surface area contributed by atoms with E-state index in [2.05, 4.69) is 38.3 Å². The van der Waals surface area contributed by atoms with Crippen LogP contribution in [0.4, 0.5) is 0 Å². The highest BCUT2D eigenvalue weighted by atomic mass is 16.2. The molecule has 3 atom stereocenters. The molecule has 3 nitrogen and oxygen atoms in total. The highest BCUT2D eigenvalue weighted by Crippen LogP contribution is 2.30. The maximum absolute atomic E-state index is 12.4. The highest BCUT2D eigenvalue weighted by Gasteiger charge is 2.38. The molecule has 3 heteroatoms. The van der Waals surface area contributed by atoms with Gasteiger partial charge in [-0.25, -0.2) is 0 Å². The standard InChI is InChI=1S/C14H28N2O/c1-5-11(3)12(4)16-13(17)14(6-2)8-7-9-15-10-14/h11-12,15H,5-10H2,1-4H3,(H,16,17). The van der Waals surface area contributed by atoms with Crippen LogP contribution in [0.1, 0.15) is 53.4 Å². The van der Waals surface area contributed by atoms with Crippen molar-refractivity contribution in [2.75, 3.05) is 13.1 Å². The lowest BCUT2D eigenvalue weighted by molar-refractivity contribution is -0.133. The van der Waals surface area contributed by atoms with Crippen molar-refractivity contribution in [2.45, 2.75) is 59.4 Å². The third-order valence-electron chi connectivity index (χ3n) is 4.49. The minimum Gasteiger partial charge on any atom is -0.353 e. The van der Waals surface area contributed by atoms with E-state index in [1.54, 1.807) is 0 Å². The van der Waals surface area contributed by atoms with Crippen LogP contribution in [0.15, 0.2) is 0 Å². The van der Waals surface area contributed by atoms with Gasteiger partial charge < -0.3 is 10.6 Å². The molecule has 0 radical (unpaired) electrons. The Morgan fingerprint density at radius 3 is 2.59 bits per heavy atom. The Bertz CT molecular complexity index is 247. The van der Waals surface area contributed by atoms with E-state index < -0.39 is 0 Å². The Morgan fingerprint density at radius 2 is 2.12 bits per heavy atom. The zero-order valence-corrected chi connectivity index (χ0v) is 11.8. The summed E-state index contributed by atoms with van der Waals surface area (Å²) in [5.74, 6) is 0.796. The van der Waals surface area contributed by atoms with Gasteiger partial charge in [0.05, 0.1) is 5.41 Å². The third kappa shape index (κ3) is 3.44. The molecular formula is C14H28N2O. The van der Waals surface area contributed by atoms with Gasteiger partial charge >= 0.3 is 0 Å². The second-order valence-corrected chi connectivity index (χ2v) is 5.56. The maximum atomic E-state index is 12.4. The molecule has 0 aliphatic carbocycles. The van der Waals surface area contributed by atoms with Crippen molar-refractivity contribution in [1.29, 1.82) is 0 Å². The van der Waals surface area contributed by atoms with Gasteiger partial charge in [0.1, 0.15) is 0 Å². The zero-order valence-electron chi connectivity index (χ0n) is 11.8. The summed E-state index contributed by atoms with van der Waals surface area (Å²) in [6.07, 6.45) is 4.17. The quantitative estimate of drug-likeness (QED) is 0.774. The van der Waals surface area contributed by atoms with Crippen LogP contribution in [0.25, 0.3) is 0 Å². The lowest BCUT2D eigenvalue weighted by Crippen LogP contribution is -2.52. The van der Waals surface area contributed by atoms with Gasteiger partial charge in [-0.3, -0.25) is 4.79 Å². The lowest BCUT2D eigenvalue weighted by atomic mass is 9.77. The van der Waals surface area contributed by atoms with E-state index in [1.165, 1.54) is 0 Å². The van der Waals surface area contributed by atoms with E-state index in [-0.39, 0.29) is 17.4 Å². The molecule has 1 rings (SSSR count). The number of hydrogen-bond donors (Lipinski definition) is 2.